The maximum atomic E-state index is 4.37. The third-order valence-electron chi connectivity index (χ3n) is 5.41. The van der Waals surface area contributed by atoms with Gasteiger partial charge in [-0.1, -0.05) is 51.8 Å². The number of nitrogens with one attached hydrogen (secondary N) is 1. The lowest BCUT2D eigenvalue weighted by Crippen LogP contribution is -2.11. The first-order valence-corrected chi connectivity index (χ1v) is 13.3. The molecule has 0 aliphatic rings. The van der Waals surface area contributed by atoms with Gasteiger partial charge in [0.2, 0.25) is 0 Å². The molecule has 0 amide bonds. The van der Waals surface area contributed by atoms with E-state index in [2.05, 4.69) is 89.5 Å². The van der Waals surface area contributed by atoms with E-state index in [4.69, 9.17) is 0 Å². The fourth-order valence-electron chi connectivity index (χ4n) is 3.43. The fourth-order valence-corrected chi connectivity index (χ4v) is 4.47. The van der Waals surface area contributed by atoms with Gasteiger partial charge in [0.15, 0.2) is 5.82 Å². The van der Waals surface area contributed by atoms with Crippen LogP contribution in [0.15, 0.2) is 65.1 Å². The van der Waals surface area contributed by atoms with Gasteiger partial charge in [0, 0.05) is 36.2 Å². The zero-order valence-corrected chi connectivity index (χ0v) is 22.2. The number of nitrogens with zero attached hydrogens (tertiary/aromatic N) is 5. The van der Waals surface area contributed by atoms with Crippen molar-refractivity contribution < 1.29 is 0 Å². The second-order valence-electron chi connectivity index (χ2n) is 9.13. The lowest BCUT2D eigenvalue weighted by atomic mass is 10.0. The molecule has 1 N–H and O–H groups in total. The van der Waals surface area contributed by atoms with Crippen LogP contribution in [0.3, 0.4) is 0 Å². The van der Waals surface area contributed by atoms with Crippen LogP contribution in [0.4, 0.5) is 0 Å². The van der Waals surface area contributed by atoms with Crippen LogP contribution in [-0.4, -0.2) is 42.1 Å². The molecular weight excluding hydrogens is 440 g/mol. The summed E-state index contributed by atoms with van der Waals surface area (Å²) in [4.78, 5) is 8.73. The quantitative estimate of drug-likeness (QED) is 0.223. The number of aromatic amines is 1. The monoisotopic (exact) mass is 480 g/mol. The van der Waals surface area contributed by atoms with Gasteiger partial charge in [0.25, 0.3) is 0 Å². The number of thioether (sulfide) groups is 1. The minimum Gasteiger partial charge on any atom is -0.241 e. The molecule has 34 heavy (non-hydrogen) atoms. The zero-order valence-electron chi connectivity index (χ0n) is 21.4. The molecule has 0 saturated heterocycles. The molecule has 0 aliphatic heterocycles. The maximum absolute atomic E-state index is 4.37. The van der Waals surface area contributed by atoms with Crippen molar-refractivity contribution >= 4 is 11.8 Å². The Morgan fingerprint density at radius 2 is 1.68 bits per heavy atom. The van der Waals surface area contributed by atoms with E-state index < -0.39 is 0 Å². The molecule has 184 valence electrons. The Kier molecular flexibility index (Phi) is 13.2. The largest absolute Gasteiger partial charge is 0.241 e. The highest BCUT2D eigenvalue weighted by Gasteiger charge is 2.18. The Hall–Kier alpha value is -2.54. The third-order valence-corrected chi connectivity index (χ3v) is 6.45. The Morgan fingerprint density at radius 1 is 0.941 bits per heavy atom. The van der Waals surface area contributed by atoms with Crippen LogP contribution in [0.2, 0.25) is 0 Å². The molecule has 0 bridgehead atoms. The van der Waals surface area contributed by atoms with E-state index in [-0.39, 0.29) is 5.92 Å². The number of H-pyrrole nitrogens is 1. The van der Waals surface area contributed by atoms with E-state index in [1.54, 1.807) is 12.4 Å². The van der Waals surface area contributed by atoms with Gasteiger partial charge in [-0.2, -0.15) is 17.0 Å². The molecule has 0 aromatic carbocycles. The lowest BCUT2D eigenvalue weighted by molar-refractivity contribution is 0.680. The van der Waals surface area contributed by atoms with Crippen molar-refractivity contribution in [1.29, 1.82) is 0 Å². The van der Waals surface area contributed by atoms with Crippen LogP contribution in [-0.2, 0) is 6.42 Å². The molecule has 2 rings (SSSR count). The Morgan fingerprint density at radius 3 is 2.35 bits per heavy atom. The number of hydrogen-bond donors (Lipinski definition) is 1. The van der Waals surface area contributed by atoms with Crippen LogP contribution in [0, 0.1) is 0 Å². The molecule has 7 heteroatoms. The zero-order chi connectivity index (χ0) is 24.6. The highest BCUT2D eigenvalue weighted by atomic mass is 32.2. The minimum atomic E-state index is 0.132. The van der Waals surface area contributed by atoms with Gasteiger partial charge in [0.1, 0.15) is 5.82 Å². The van der Waals surface area contributed by atoms with Gasteiger partial charge >= 0.3 is 0 Å². The number of tetrazole rings is 1. The van der Waals surface area contributed by atoms with E-state index in [1.165, 1.54) is 22.3 Å². The normalized spacial score (nSPS) is 13.0. The first-order valence-electron chi connectivity index (χ1n) is 12.1. The summed E-state index contributed by atoms with van der Waals surface area (Å²) in [6.45, 7) is 10.9. The average Bonchev–Trinajstić information content (AvgIpc) is 3.34. The summed E-state index contributed by atoms with van der Waals surface area (Å²) in [5.74, 6) is 3.53. The highest BCUT2D eigenvalue weighted by Crippen LogP contribution is 2.22. The Balaban J connectivity index is 1.90. The van der Waals surface area contributed by atoms with E-state index in [1.807, 2.05) is 17.8 Å². The van der Waals surface area contributed by atoms with E-state index in [0.717, 1.165) is 55.3 Å². The first kappa shape index (κ1) is 27.7. The highest BCUT2D eigenvalue weighted by molar-refractivity contribution is 7.99. The summed E-state index contributed by atoms with van der Waals surface area (Å²) in [7, 11) is 0. The van der Waals surface area contributed by atoms with Crippen molar-refractivity contribution in [2.24, 2.45) is 0 Å². The SMILES string of the molecule is CC(C)=CCC/C(C)=C/CC/C(=C/CSCC(Cc1ncccn1)c1nn[nH]n1)CC=C(C)C. The second kappa shape index (κ2) is 16.1. The van der Waals surface area contributed by atoms with Crippen molar-refractivity contribution in [3.8, 4) is 0 Å². The van der Waals surface area contributed by atoms with Gasteiger partial charge in [-0.05, 0) is 72.8 Å². The number of aromatic nitrogens is 6. The van der Waals surface area contributed by atoms with Crippen molar-refractivity contribution in [2.45, 2.75) is 79.1 Å². The first-order chi connectivity index (χ1) is 16.4. The summed E-state index contributed by atoms with van der Waals surface area (Å²) >= 11 is 1.90. The molecule has 0 aliphatic carbocycles. The molecule has 2 heterocycles. The van der Waals surface area contributed by atoms with Gasteiger partial charge in [-0.3, -0.25) is 0 Å². The molecule has 0 fully saturated rings. The molecular formula is C27H40N6S. The topological polar surface area (TPSA) is 80.2 Å². The van der Waals surface area contributed by atoms with Gasteiger partial charge in [0.05, 0.1) is 0 Å². The van der Waals surface area contributed by atoms with Crippen LogP contribution >= 0.6 is 11.8 Å². The molecule has 0 saturated carbocycles. The summed E-state index contributed by atoms with van der Waals surface area (Å²) in [5, 5.41) is 14.7. The Bertz CT molecular complexity index is 937. The standard InChI is InChI=1S/C27H40N6S/c1-21(2)9-6-10-23(5)11-7-12-24(14-13-22(3)4)15-18-34-20-25(27-30-32-33-31-27)19-26-28-16-8-17-29-26/h8-9,11,13,15-17,25H,6-7,10,12,14,18-20H2,1-5H3,(H,30,31,32,33)/b23-11+,24-15-. The minimum absolute atomic E-state index is 0.132. The molecule has 0 radical (unpaired) electrons. The third kappa shape index (κ3) is 12.1. The van der Waals surface area contributed by atoms with Crippen LogP contribution < -0.4 is 0 Å². The Labute approximate surface area is 209 Å². The van der Waals surface area contributed by atoms with Gasteiger partial charge in [-0.15, -0.1) is 10.2 Å². The van der Waals surface area contributed by atoms with Gasteiger partial charge in [-0.25, -0.2) is 9.97 Å². The van der Waals surface area contributed by atoms with Crippen molar-refractivity contribution in [1.82, 2.24) is 30.6 Å². The lowest BCUT2D eigenvalue weighted by Gasteiger charge is -2.11. The smallest absolute Gasteiger partial charge is 0.178 e. The number of rotatable bonds is 15. The molecule has 2 aromatic heterocycles. The predicted molar refractivity (Wildman–Crippen MR) is 144 cm³/mol. The molecule has 1 atom stereocenters. The maximum Gasteiger partial charge on any atom is 0.178 e. The summed E-state index contributed by atoms with van der Waals surface area (Å²) in [6, 6.07) is 1.83. The van der Waals surface area contributed by atoms with Crippen molar-refractivity contribution in [2.75, 3.05) is 11.5 Å². The molecule has 0 spiro atoms. The van der Waals surface area contributed by atoms with Crippen molar-refractivity contribution in [3.63, 3.8) is 0 Å². The van der Waals surface area contributed by atoms with E-state index >= 15 is 0 Å². The predicted octanol–water partition coefficient (Wildman–Crippen LogP) is 6.80. The van der Waals surface area contributed by atoms with E-state index in [9.17, 15) is 0 Å². The molecule has 6 nitrogen and oxygen atoms in total. The second-order valence-corrected chi connectivity index (χ2v) is 10.2. The summed E-state index contributed by atoms with van der Waals surface area (Å²) in [6.07, 6.45) is 19.2. The van der Waals surface area contributed by atoms with Crippen LogP contribution in [0.25, 0.3) is 0 Å². The van der Waals surface area contributed by atoms with E-state index in [0.29, 0.717) is 6.42 Å². The van der Waals surface area contributed by atoms with Gasteiger partial charge < -0.3 is 0 Å². The number of hydrogen-bond acceptors (Lipinski definition) is 6. The molecule has 2 aromatic rings. The average molecular weight is 481 g/mol. The van der Waals surface area contributed by atoms with Crippen LogP contribution in [0.5, 0.6) is 0 Å². The summed E-state index contributed by atoms with van der Waals surface area (Å²) in [5.41, 5.74) is 5.76. The molecule has 1 unspecified atom stereocenters. The van der Waals surface area contributed by atoms with Crippen LogP contribution in [0.1, 0.15) is 84.3 Å². The number of allylic oxidation sites excluding steroid dienone is 7. The summed E-state index contributed by atoms with van der Waals surface area (Å²) < 4.78 is 0. The fraction of sp³-hybridized carbons (Fsp3) is 0.519. The van der Waals surface area contributed by atoms with Crippen molar-refractivity contribution in [3.05, 3.63) is 76.7 Å².